The summed E-state index contributed by atoms with van der Waals surface area (Å²) in [4.78, 5) is 6.55. The normalized spacial score (nSPS) is 18.8. The third kappa shape index (κ3) is 3.52. The number of hydrogen-bond donors (Lipinski definition) is 1. The topological polar surface area (TPSA) is 69.2 Å². The molecule has 0 aromatic carbocycles. The van der Waals surface area contributed by atoms with Gasteiger partial charge in [-0.05, 0) is 12.8 Å². The highest BCUT2D eigenvalue weighted by Gasteiger charge is 2.17. The van der Waals surface area contributed by atoms with Crippen LogP contribution in [0.5, 0.6) is 5.75 Å². The Labute approximate surface area is 124 Å². The summed E-state index contributed by atoms with van der Waals surface area (Å²) < 4.78 is 7.56. The van der Waals surface area contributed by atoms with Crippen LogP contribution < -0.4 is 15.4 Å². The minimum Gasteiger partial charge on any atom is -0.487 e. The third-order valence-electron chi connectivity index (χ3n) is 3.69. The van der Waals surface area contributed by atoms with Gasteiger partial charge in [-0.2, -0.15) is 5.10 Å². The molecular formula is C15H21N5O. The summed E-state index contributed by atoms with van der Waals surface area (Å²) in [5.74, 6) is 0.774. The van der Waals surface area contributed by atoms with E-state index in [-0.39, 0.29) is 6.04 Å². The van der Waals surface area contributed by atoms with E-state index in [9.17, 15) is 0 Å². The smallest absolute Gasteiger partial charge is 0.140 e. The number of aryl methyl sites for hydroxylation is 1. The zero-order chi connectivity index (χ0) is 14.7. The van der Waals surface area contributed by atoms with Gasteiger partial charge < -0.3 is 15.4 Å². The first-order valence-corrected chi connectivity index (χ1v) is 7.26. The van der Waals surface area contributed by atoms with E-state index >= 15 is 0 Å². The Morgan fingerprint density at radius 1 is 1.38 bits per heavy atom. The van der Waals surface area contributed by atoms with Crippen molar-refractivity contribution in [2.24, 2.45) is 12.8 Å². The summed E-state index contributed by atoms with van der Waals surface area (Å²) in [5.41, 5.74) is 8.16. The highest BCUT2D eigenvalue weighted by Crippen LogP contribution is 2.23. The lowest BCUT2D eigenvalue weighted by molar-refractivity contribution is 0.305. The predicted octanol–water partition coefficient (Wildman–Crippen LogP) is 1.32. The molecule has 0 saturated carbocycles. The minimum atomic E-state index is 0.249. The van der Waals surface area contributed by atoms with Crippen LogP contribution in [0.1, 0.15) is 18.4 Å². The van der Waals surface area contributed by atoms with Crippen molar-refractivity contribution in [2.45, 2.75) is 25.5 Å². The largest absolute Gasteiger partial charge is 0.487 e. The molecule has 1 atom stereocenters. The van der Waals surface area contributed by atoms with Crippen LogP contribution in [0.2, 0.25) is 0 Å². The van der Waals surface area contributed by atoms with Gasteiger partial charge in [0.25, 0.3) is 0 Å². The fraction of sp³-hybridized carbons (Fsp3) is 0.467. The summed E-state index contributed by atoms with van der Waals surface area (Å²) in [7, 11) is 1.89. The molecule has 0 spiro atoms. The molecule has 2 aromatic rings. The van der Waals surface area contributed by atoms with Crippen LogP contribution in [0.4, 0.5) is 5.69 Å². The molecule has 2 N–H and O–H groups in total. The SMILES string of the molecule is Cn1cc(COc2cncc(N3CCCC(N)C3)c2)cn1. The maximum absolute atomic E-state index is 6.03. The molecule has 3 rings (SSSR count). The summed E-state index contributed by atoms with van der Waals surface area (Å²) in [6.07, 6.45) is 9.59. The number of piperidine rings is 1. The fourth-order valence-electron chi connectivity index (χ4n) is 2.62. The second kappa shape index (κ2) is 6.13. The van der Waals surface area contributed by atoms with Gasteiger partial charge in [-0.1, -0.05) is 0 Å². The Hall–Kier alpha value is -2.08. The molecule has 0 bridgehead atoms. The van der Waals surface area contributed by atoms with Gasteiger partial charge in [0.05, 0.1) is 24.3 Å². The lowest BCUT2D eigenvalue weighted by Gasteiger charge is -2.32. The van der Waals surface area contributed by atoms with Crippen LogP contribution in [-0.2, 0) is 13.7 Å². The van der Waals surface area contributed by atoms with Gasteiger partial charge in [0.15, 0.2) is 0 Å². The Kier molecular flexibility index (Phi) is 4.06. The van der Waals surface area contributed by atoms with E-state index in [1.165, 1.54) is 0 Å². The van der Waals surface area contributed by atoms with Crippen LogP contribution in [0.3, 0.4) is 0 Å². The second-order valence-corrected chi connectivity index (χ2v) is 5.54. The Balaban J connectivity index is 1.65. The molecule has 0 radical (unpaired) electrons. The molecule has 1 saturated heterocycles. The van der Waals surface area contributed by atoms with Gasteiger partial charge >= 0.3 is 0 Å². The van der Waals surface area contributed by atoms with Crippen LogP contribution >= 0.6 is 0 Å². The molecule has 21 heavy (non-hydrogen) atoms. The first-order chi connectivity index (χ1) is 10.2. The fourth-order valence-corrected chi connectivity index (χ4v) is 2.62. The molecular weight excluding hydrogens is 266 g/mol. The number of ether oxygens (including phenoxy) is 1. The van der Waals surface area contributed by atoms with Gasteiger partial charge in [0.2, 0.25) is 0 Å². The summed E-state index contributed by atoms with van der Waals surface area (Å²) >= 11 is 0. The van der Waals surface area contributed by atoms with Crippen molar-refractivity contribution in [3.8, 4) is 5.75 Å². The lowest BCUT2D eigenvalue weighted by atomic mass is 10.1. The molecule has 3 heterocycles. The lowest BCUT2D eigenvalue weighted by Crippen LogP contribution is -2.42. The van der Waals surface area contributed by atoms with Crippen LogP contribution in [0.15, 0.2) is 30.9 Å². The first-order valence-electron chi connectivity index (χ1n) is 7.26. The predicted molar refractivity (Wildman–Crippen MR) is 81.2 cm³/mol. The maximum atomic E-state index is 6.03. The number of hydrogen-bond acceptors (Lipinski definition) is 5. The van der Waals surface area contributed by atoms with Gasteiger partial charge in [0.1, 0.15) is 12.4 Å². The molecule has 2 aromatic heterocycles. The Morgan fingerprint density at radius 2 is 2.29 bits per heavy atom. The van der Waals surface area contributed by atoms with Crippen LogP contribution in [0, 0.1) is 0 Å². The van der Waals surface area contributed by atoms with Gasteiger partial charge in [-0.25, -0.2) is 0 Å². The number of anilines is 1. The van der Waals surface area contributed by atoms with E-state index in [1.807, 2.05) is 25.5 Å². The van der Waals surface area contributed by atoms with E-state index in [1.54, 1.807) is 17.1 Å². The monoisotopic (exact) mass is 287 g/mol. The number of nitrogens with two attached hydrogens (primary N) is 1. The third-order valence-corrected chi connectivity index (χ3v) is 3.69. The average Bonchev–Trinajstić information content (AvgIpc) is 2.91. The molecule has 0 amide bonds. The van der Waals surface area contributed by atoms with Crippen molar-refractivity contribution >= 4 is 5.69 Å². The number of aromatic nitrogens is 3. The van der Waals surface area contributed by atoms with Crippen LogP contribution in [-0.4, -0.2) is 33.9 Å². The highest BCUT2D eigenvalue weighted by atomic mass is 16.5. The Morgan fingerprint density at radius 3 is 3.05 bits per heavy atom. The minimum absolute atomic E-state index is 0.249. The van der Waals surface area contributed by atoms with Crippen LogP contribution in [0.25, 0.3) is 0 Å². The molecule has 112 valence electrons. The molecule has 6 heteroatoms. The van der Waals surface area contributed by atoms with E-state index in [0.29, 0.717) is 6.61 Å². The van der Waals surface area contributed by atoms with E-state index < -0.39 is 0 Å². The van der Waals surface area contributed by atoms with E-state index in [0.717, 1.165) is 42.9 Å². The zero-order valence-electron chi connectivity index (χ0n) is 12.3. The maximum Gasteiger partial charge on any atom is 0.140 e. The number of rotatable bonds is 4. The first kappa shape index (κ1) is 13.9. The van der Waals surface area contributed by atoms with Crippen molar-refractivity contribution in [2.75, 3.05) is 18.0 Å². The Bertz CT molecular complexity index is 597. The van der Waals surface area contributed by atoms with Gasteiger partial charge in [-0.15, -0.1) is 0 Å². The molecule has 1 unspecified atom stereocenters. The van der Waals surface area contributed by atoms with Gasteiger partial charge in [-0.3, -0.25) is 9.67 Å². The zero-order valence-corrected chi connectivity index (χ0v) is 12.3. The van der Waals surface area contributed by atoms with E-state index in [4.69, 9.17) is 10.5 Å². The molecule has 1 fully saturated rings. The molecule has 6 nitrogen and oxygen atoms in total. The number of pyridine rings is 1. The van der Waals surface area contributed by atoms with Crippen molar-refractivity contribution in [1.82, 2.24) is 14.8 Å². The summed E-state index contributed by atoms with van der Waals surface area (Å²) in [5, 5.41) is 4.13. The quantitative estimate of drug-likeness (QED) is 0.918. The molecule has 0 aliphatic carbocycles. The van der Waals surface area contributed by atoms with Crippen molar-refractivity contribution in [3.05, 3.63) is 36.4 Å². The average molecular weight is 287 g/mol. The summed E-state index contributed by atoms with van der Waals surface area (Å²) in [6.45, 7) is 2.41. The van der Waals surface area contributed by atoms with Crippen molar-refractivity contribution in [1.29, 1.82) is 0 Å². The van der Waals surface area contributed by atoms with Crippen molar-refractivity contribution in [3.63, 3.8) is 0 Å². The van der Waals surface area contributed by atoms with E-state index in [2.05, 4.69) is 15.0 Å². The van der Waals surface area contributed by atoms with Crippen molar-refractivity contribution < 1.29 is 4.74 Å². The summed E-state index contributed by atoms with van der Waals surface area (Å²) in [6, 6.07) is 2.28. The second-order valence-electron chi connectivity index (χ2n) is 5.54. The highest BCUT2D eigenvalue weighted by molar-refractivity contribution is 5.48. The number of nitrogens with zero attached hydrogens (tertiary/aromatic N) is 4. The van der Waals surface area contributed by atoms with Gasteiger partial charge in [0, 0.05) is 44.0 Å². The standard InChI is InChI=1S/C15H21N5O/c1-19-9-12(6-18-19)11-21-15-5-14(7-17-8-15)20-4-2-3-13(16)10-20/h5-9,13H,2-4,10-11,16H2,1H3. The molecule has 1 aliphatic heterocycles. The molecule has 1 aliphatic rings.